The molecule has 0 fully saturated rings. The average Bonchev–Trinajstić information content (AvgIpc) is 2.62. The minimum atomic E-state index is -0.351. The molecule has 2 heterocycles. The molecule has 0 saturated carbocycles. The van der Waals surface area contributed by atoms with Crippen molar-refractivity contribution in [2.45, 2.75) is 13.3 Å². The lowest BCUT2D eigenvalue weighted by Crippen LogP contribution is -2.20. The summed E-state index contributed by atoms with van der Waals surface area (Å²) in [5, 5.41) is 0. The van der Waals surface area contributed by atoms with Crippen molar-refractivity contribution in [2.75, 3.05) is 6.61 Å². The Bertz CT molecular complexity index is 997. The van der Waals surface area contributed by atoms with Crippen LogP contribution >= 0.6 is 0 Å². The molecule has 0 saturated heterocycles. The number of para-hydroxylation sites is 1. The Kier molecular flexibility index (Phi) is 3.72. The summed E-state index contributed by atoms with van der Waals surface area (Å²) >= 11 is 0. The Morgan fingerprint density at radius 1 is 1.24 bits per heavy atom. The van der Waals surface area contributed by atoms with Crippen LogP contribution in [0.4, 0.5) is 4.39 Å². The van der Waals surface area contributed by atoms with Crippen LogP contribution in [0, 0.1) is 5.82 Å². The first-order valence-corrected chi connectivity index (χ1v) is 7.97. The van der Waals surface area contributed by atoms with Crippen LogP contribution in [-0.4, -0.2) is 16.6 Å². The molecule has 0 aliphatic carbocycles. The maximum atomic E-state index is 13.1. The highest BCUT2D eigenvalue weighted by molar-refractivity contribution is 5.58. The molecule has 0 bridgehead atoms. The SMILES string of the molecule is CCOc1cccc2c1Oc1nc(-c3ccc(F)cc3)[nH]c(=O)c1C2. The Balaban J connectivity index is 1.79. The number of rotatable bonds is 3. The second-order valence-corrected chi connectivity index (χ2v) is 5.66. The number of halogens is 1. The summed E-state index contributed by atoms with van der Waals surface area (Å²) in [6, 6.07) is 11.3. The Labute approximate surface area is 143 Å². The summed E-state index contributed by atoms with van der Waals surface area (Å²) in [4.78, 5) is 19.6. The second-order valence-electron chi connectivity index (χ2n) is 5.66. The van der Waals surface area contributed by atoms with E-state index in [-0.39, 0.29) is 17.3 Å². The minimum Gasteiger partial charge on any atom is -0.490 e. The first-order chi connectivity index (χ1) is 12.2. The summed E-state index contributed by atoms with van der Waals surface area (Å²) in [5.41, 5.74) is 1.68. The number of aromatic amines is 1. The van der Waals surface area contributed by atoms with Crippen LogP contribution in [-0.2, 0) is 6.42 Å². The fraction of sp³-hybridized carbons (Fsp3) is 0.158. The van der Waals surface area contributed by atoms with Gasteiger partial charge in [0.25, 0.3) is 5.56 Å². The molecule has 1 N–H and O–H groups in total. The molecular weight excluding hydrogens is 323 g/mol. The van der Waals surface area contributed by atoms with Gasteiger partial charge < -0.3 is 14.5 Å². The number of fused-ring (bicyclic) bond motifs is 2. The molecule has 25 heavy (non-hydrogen) atoms. The molecule has 0 spiro atoms. The van der Waals surface area contributed by atoms with Gasteiger partial charge in [-0.2, -0.15) is 4.98 Å². The molecular formula is C19H15FN2O3. The maximum absolute atomic E-state index is 13.1. The van der Waals surface area contributed by atoms with E-state index in [4.69, 9.17) is 9.47 Å². The predicted octanol–water partition coefficient (Wildman–Crippen LogP) is 3.67. The molecule has 1 aromatic heterocycles. The van der Waals surface area contributed by atoms with Crippen LogP contribution < -0.4 is 15.0 Å². The summed E-state index contributed by atoms with van der Waals surface area (Å²) in [6.45, 7) is 2.40. The van der Waals surface area contributed by atoms with E-state index in [0.29, 0.717) is 41.5 Å². The number of ether oxygens (including phenoxy) is 2. The van der Waals surface area contributed by atoms with E-state index < -0.39 is 0 Å². The molecule has 3 aromatic rings. The number of aromatic nitrogens is 2. The summed E-state index contributed by atoms with van der Waals surface area (Å²) in [5.74, 6) is 1.44. The van der Waals surface area contributed by atoms with Gasteiger partial charge in [-0.15, -0.1) is 0 Å². The van der Waals surface area contributed by atoms with Gasteiger partial charge in [0.2, 0.25) is 5.88 Å². The van der Waals surface area contributed by atoms with Crippen molar-refractivity contribution in [2.24, 2.45) is 0 Å². The summed E-state index contributed by atoms with van der Waals surface area (Å²) in [6.07, 6.45) is 0.414. The molecule has 2 aromatic carbocycles. The quantitative estimate of drug-likeness (QED) is 0.619. The molecule has 0 amide bonds. The Morgan fingerprint density at radius 3 is 2.80 bits per heavy atom. The number of nitrogens with zero attached hydrogens (tertiary/aromatic N) is 1. The molecule has 1 aliphatic rings. The van der Waals surface area contributed by atoms with Crippen molar-refractivity contribution in [3.05, 3.63) is 69.8 Å². The standard InChI is InChI=1S/C19H15FN2O3/c1-2-24-15-5-3-4-12-10-14-18(23)21-17(22-19(14)25-16(12)15)11-6-8-13(20)9-7-11/h3-9H,2,10H2,1H3,(H,21,22,23). The normalized spacial score (nSPS) is 12.1. The van der Waals surface area contributed by atoms with Crippen LogP contribution in [0.15, 0.2) is 47.3 Å². The van der Waals surface area contributed by atoms with Crippen molar-refractivity contribution in [3.8, 4) is 28.8 Å². The summed E-state index contributed by atoms with van der Waals surface area (Å²) < 4.78 is 24.6. The fourth-order valence-electron chi connectivity index (χ4n) is 2.83. The zero-order chi connectivity index (χ0) is 17.4. The monoisotopic (exact) mass is 338 g/mol. The summed E-state index contributed by atoms with van der Waals surface area (Å²) in [7, 11) is 0. The predicted molar refractivity (Wildman–Crippen MR) is 90.7 cm³/mol. The van der Waals surface area contributed by atoms with Crippen molar-refractivity contribution in [1.82, 2.24) is 9.97 Å². The van der Waals surface area contributed by atoms with Gasteiger partial charge in [0, 0.05) is 17.5 Å². The highest BCUT2D eigenvalue weighted by atomic mass is 19.1. The van der Waals surface area contributed by atoms with Gasteiger partial charge in [0.1, 0.15) is 11.6 Å². The van der Waals surface area contributed by atoms with Gasteiger partial charge in [-0.25, -0.2) is 4.39 Å². The first-order valence-electron chi connectivity index (χ1n) is 7.97. The minimum absolute atomic E-state index is 0.253. The highest BCUT2D eigenvalue weighted by Gasteiger charge is 2.25. The zero-order valence-corrected chi connectivity index (χ0v) is 13.5. The van der Waals surface area contributed by atoms with Crippen LogP contribution in [0.25, 0.3) is 11.4 Å². The van der Waals surface area contributed by atoms with Crippen molar-refractivity contribution in [3.63, 3.8) is 0 Å². The molecule has 126 valence electrons. The van der Waals surface area contributed by atoms with Gasteiger partial charge in [-0.1, -0.05) is 12.1 Å². The lowest BCUT2D eigenvalue weighted by atomic mass is 10.0. The number of nitrogens with one attached hydrogen (secondary N) is 1. The van der Waals surface area contributed by atoms with E-state index in [9.17, 15) is 9.18 Å². The molecule has 5 nitrogen and oxygen atoms in total. The number of benzene rings is 2. The lowest BCUT2D eigenvalue weighted by Gasteiger charge is -2.21. The van der Waals surface area contributed by atoms with Gasteiger partial charge in [0.15, 0.2) is 11.5 Å². The first kappa shape index (κ1) is 15.4. The van der Waals surface area contributed by atoms with Crippen LogP contribution in [0.3, 0.4) is 0 Å². The van der Waals surface area contributed by atoms with Crippen LogP contribution in [0.2, 0.25) is 0 Å². The molecule has 0 atom stereocenters. The van der Waals surface area contributed by atoms with Crippen LogP contribution in [0.1, 0.15) is 18.1 Å². The van der Waals surface area contributed by atoms with Gasteiger partial charge >= 0.3 is 0 Å². The third kappa shape index (κ3) is 2.76. The molecule has 4 rings (SSSR count). The lowest BCUT2D eigenvalue weighted by molar-refractivity contribution is 0.315. The molecule has 6 heteroatoms. The maximum Gasteiger partial charge on any atom is 0.258 e. The fourth-order valence-corrected chi connectivity index (χ4v) is 2.83. The zero-order valence-electron chi connectivity index (χ0n) is 13.5. The average molecular weight is 338 g/mol. The highest BCUT2D eigenvalue weighted by Crippen LogP contribution is 2.40. The number of H-pyrrole nitrogens is 1. The van der Waals surface area contributed by atoms with Crippen molar-refractivity contribution in [1.29, 1.82) is 0 Å². The van der Waals surface area contributed by atoms with E-state index in [1.807, 2.05) is 25.1 Å². The van der Waals surface area contributed by atoms with E-state index in [2.05, 4.69) is 9.97 Å². The Morgan fingerprint density at radius 2 is 2.04 bits per heavy atom. The van der Waals surface area contributed by atoms with Gasteiger partial charge in [0.05, 0.1) is 12.2 Å². The molecule has 0 unspecified atom stereocenters. The van der Waals surface area contributed by atoms with E-state index in [0.717, 1.165) is 5.56 Å². The van der Waals surface area contributed by atoms with Crippen molar-refractivity contribution < 1.29 is 13.9 Å². The van der Waals surface area contributed by atoms with E-state index in [1.54, 1.807) is 12.1 Å². The number of hydrogen-bond acceptors (Lipinski definition) is 4. The Hall–Kier alpha value is -3.15. The van der Waals surface area contributed by atoms with Gasteiger partial charge in [-0.3, -0.25) is 4.79 Å². The number of hydrogen-bond donors (Lipinski definition) is 1. The largest absolute Gasteiger partial charge is 0.490 e. The van der Waals surface area contributed by atoms with Crippen LogP contribution in [0.5, 0.6) is 17.4 Å². The smallest absolute Gasteiger partial charge is 0.258 e. The molecule has 1 aliphatic heterocycles. The third-order valence-corrected chi connectivity index (χ3v) is 4.02. The molecule has 0 radical (unpaired) electrons. The van der Waals surface area contributed by atoms with Crippen molar-refractivity contribution >= 4 is 0 Å². The van der Waals surface area contributed by atoms with E-state index in [1.165, 1.54) is 12.1 Å². The third-order valence-electron chi connectivity index (χ3n) is 4.02. The van der Waals surface area contributed by atoms with Gasteiger partial charge in [-0.05, 0) is 37.3 Å². The van der Waals surface area contributed by atoms with E-state index >= 15 is 0 Å². The second kappa shape index (κ2) is 6.05. The topological polar surface area (TPSA) is 64.2 Å².